The zero-order valence-electron chi connectivity index (χ0n) is 16.9. The molecular weight excluding hydrogens is 362 g/mol. The number of aliphatic hydroxyl groups is 1. The van der Waals surface area contributed by atoms with Gasteiger partial charge < -0.3 is 29.2 Å². The molecule has 1 fully saturated rings. The SMILES string of the molecule is COc1cc(OC)c2cc(C(=O)N3CCCN([C@H](C)CO)CC3)[nH]c2c1OC. The van der Waals surface area contributed by atoms with Gasteiger partial charge in [-0.15, -0.1) is 0 Å². The zero-order chi connectivity index (χ0) is 20.3. The maximum atomic E-state index is 13.1. The van der Waals surface area contributed by atoms with Crippen molar-refractivity contribution in [1.82, 2.24) is 14.8 Å². The molecule has 1 aliphatic heterocycles. The summed E-state index contributed by atoms with van der Waals surface area (Å²) < 4.78 is 16.4. The van der Waals surface area contributed by atoms with Gasteiger partial charge in [0.2, 0.25) is 0 Å². The first kappa shape index (κ1) is 20.3. The Morgan fingerprint density at radius 2 is 1.86 bits per heavy atom. The summed E-state index contributed by atoms with van der Waals surface area (Å²) in [4.78, 5) is 20.4. The van der Waals surface area contributed by atoms with Gasteiger partial charge in [0.1, 0.15) is 11.4 Å². The van der Waals surface area contributed by atoms with Gasteiger partial charge in [-0.1, -0.05) is 0 Å². The Morgan fingerprint density at radius 3 is 2.50 bits per heavy atom. The van der Waals surface area contributed by atoms with Crippen LogP contribution >= 0.6 is 0 Å². The van der Waals surface area contributed by atoms with Gasteiger partial charge >= 0.3 is 0 Å². The zero-order valence-corrected chi connectivity index (χ0v) is 16.9. The van der Waals surface area contributed by atoms with E-state index in [1.165, 1.54) is 0 Å². The van der Waals surface area contributed by atoms with Gasteiger partial charge in [0, 0.05) is 43.7 Å². The number of amides is 1. The first-order chi connectivity index (χ1) is 13.5. The fraction of sp³-hybridized carbons (Fsp3) is 0.550. The molecule has 8 nitrogen and oxygen atoms in total. The quantitative estimate of drug-likeness (QED) is 0.780. The molecule has 3 rings (SSSR count). The number of nitrogens with one attached hydrogen (secondary N) is 1. The second kappa shape index (κ2) is 8.70. The number of hydrogen-bond acceptors (Lipinski definition) is 6. The lowest BCUT2D eigenvalue weighted by Gasteiger charge is -2.26. The molecule has 0 saturated carbocycles. The smallest absolute Gasteiger partial charge is 0.270 e. The minimum atomic E-state index is -0.0576. The van der Waals surface area contributed by atoms with Crippen LogP contribution in [0.5, 0.6) is 17.2 Å². The maximum absolute atomic E-state index is 13.1. The Morgan fingerprint density at radius 1 is 1.11 bits per heavy atom. The lowest BCUT2D eigenvalue weighted by Crippen LogP contribution is -2.39. The highest BCUT2D eigenvalue weighted by Gasteiger charge is 2.25. The number of aliphatic hydroxyl groups excluding tert-OH is 1. The number of hydrogen-bond donors (Lipinski definition) is 2. The van der Waals surface area contributed by atoms with Crippen molar-refractivity contribution in [3.05, 3.63) is 17.8 Å². The molecule has 1 aromatic heterocycles. The predicted molar refractivity (Wildman–Crippen MR) is 107 cm³/mol. The molecule has 2 N–H and O–H groups in total. The molecule has 0 unspecified atom stereocenters. The number of aromatic nitrogens is 1. The summed E-state index contributed by atoms with van der Waals surface area (Å²) in [7, 11) is 4.72. The Bertz CT molecular complexity index is 835. The summed E-state index contributed by atoms with van der Waals surface area (Å²) in [5, 5.41) is 10.2. The number of fused-ring (bicyclic) bond motifs is 1. The number of carbonyl (C=O) groups is 1. The average Bonchev–Trinajstić information content (AvgIpc) is 3.02. The van der Waals surface area contributed by atoms with Gasteiger partial charge in [-0.3, -0.25) is 9.69 Å². The maximum Gasteiger partial charge on any atom is 0.270 e. The van der Waals surface area contributed by atoms with Gasteiger partial charge in [-0.25, -0.2) is 0 Å². The molecule has 2 aromatic rings. The van der Waals surface area contributed by atoms with Crippen molar-refractivity contribution in [2.75, 3.05) is 54.1 Å². The van der Waals surface area contributed by atoms with Gasteiger partial charge in [-0.05, 0) is 19.4 Å². The van der Waals surface area contributed by atoms with Crippen LogP contribution in [0.25, 0.3) is 10.9 Å². The third-order valence-corrected chi connectivity index (χ3v) is 5.38. The van der Waals surface area contributed by atoms with E-state index in [2.05, 4.69) is 9.88 Å². The molecule has 8 heteroatoms. The van der Waals surface area contributed by atoms with Crippen LogP contribution < -0.4 is 14.2 Å². The van der Waals surface area contributed by atoms with E-state index in [9.17, 15) is 9.90 Å². The molecule has 1 atom stereocenters. The molecule has 28 heavy (non-hydrogen) atoms. The monoisotopic (exact) mass is 391 g/mol. The largest absolute Gasteiger partial charge is 0.496 e. The third-order valence-electron chi connectivity index (χ3n) is 5.38. The summed E-state index contributed by atoms with van der Waals surface area (Å²) in [5.41, 5.74) is 1.16. The Labute approximate surface area is 165 Å². The van der Waals surface area contributed by atoms with Crippen LogP contribution in [0.2, 0.25) is 0 Å². The molecule has 1 amide bonds. The molecule has 0 aliphatic carbocycles. The van der Waals surface area contributed by atoms with E-state index in [0.29, 0.717) is 41.5 Å². The normalized spacial score (nSPS) is 16.7. The first-order valence-electron chi connectivity index (χ1n) is 9.49. The number of rotatable bonds is 6. The van der Waals surface area contributed by atoms with Crippen molar-refractivity contribution in [3.8, 4) is 17.2 Å². The lowest BCUT2D eigenvalue weighted by molar-refractivity contribution is 0.0749. The minimum absolute atomic E-state index is 0.0576. The average molecular weight is 391 g/mol. The van der Waals surface area contributed by atoms with E-state index in [1.807, 2.05) is 11.8 Å². The Hall–Kier alpha value is -2.45. The number of H-pyrrole nitrogens is 1. The van der Waals surface area contributed by atoms with Crippen LogP contribution in [0.4, 0.5) is 0 Å². The van der Waals surface area contributed by atoms with Gasteiger partial charge in [0.25, 0.3) is 5.91 Å². The molecular formula is C20H29N3O5. The topological polar surface area (TPSA) is 87.3 Å². The number of carbonyl (C=O) groups excluding carboxylic acids is 1. The van der Waals surface area contributed by atoms with Crippen molar-refractivity contribution < 1.29 is 24.1 Å². The molecule has 1 aliphatic rings. The number of benzene rings is 1. The highest BCUT2D eigenvalue weighted by molar-refractivity contribution is 6.02. The fourth-order valence-corrected chi connectivity index (χ4v) is 3.72. The molecule has 2 heterocycles. The summed E-state index contributed by atoms with van der Waals surface area (Å²) in [6, 6.07) is 3.66. The summed E-state index contributed by atoms with van der Waals surface area (Å²) in [5.74, 6) is 1.63. The lowest BCUT2D eigenvalue weighted by atomic mass is 10.2. The van der Waals surface area contributed by atoms with Crippen LogP contribution in [0, 0.1) is 0 Å². The van der Waals surface area contributed by atoms with E-state index in [0.717, 1.165) is 24.9 Å². The minimum Gasteiger partial charge on any atom is -0.496 e. The fourth-order valence-electron chi connectivity index (χ4n) is 3.72. The second-order valence-corrected chi connectivity index (χ2v) is 7.00. The second-order valence-electron chi connectivity index (χ2n) is 7.00. The van der Waals surface area contributed by atoms with Gasteiger partial charge in [-0.2, -0.15) is 0 Å². The van der Waals surface area contributed by atoms with Crippen LogP contribution in [-0.2, 0) is 0 Å². The van der Waals surface area contributed by atoms with Crippen LogP contribution in [0.1, 0.15) is 23.8 Å². The van der Waals surface area contributed by atoms with E-state index in [-0.39, 0.29) is 18.6 Å². The standard InChI is InChI=1S/C20H29N3O5/c1-13(12-24)22-6-5-7-23(9-8-22)20(25)15-10-14-16(26-2)11-17(27-3)19(28-4)18(14)21-15/h10-11,13,21,24H,5-9,12H2,1-4H3/t13-/m1/s1. The Balaban J connectivity index is 1.90. The first-order valence-corrected chi connectivity index (χ1v) is 9.49. The molecule has 0 radical (unpaired) electrons. The van der Waals surface area contributed by atoms with E-state index in [4.69, 9.17) is 14.2 Å². The van der Waals surface area contributed by atoms with Crippen molar-refractivity contribution >= 4 is 16.8 Å². The van der Waals surface area contributed by atoms with Gasteiger partial charge in [0.15, 0.2) is 11.5 Å². The molecule has 154 valence electrons. The van der Waals surface area contributed by atoms with E-state index < -0.39 is 0 Å². The van der Waals surface area contributed by atoms with E-state index in [1.54, 1.807) is 33.5 Å². The molecule has 1 aromatic carbocycles. The van der Waals surface area contributed by atoms with Crippen molar-refractivity contribution in [1.29, 1.82) is 0 Å². The summed E-state index contributed by atoms with van der Waals surface area (Å²) in [6.07, 6.45) is 0.872. The van der Waals surface area contributed by atoms with Crippen molar-refractivity contribution in [3.63, 3.8) is 0 Å². The number of ether oxygens (including phenoxy) is 3. The Kier molecular flexibility index (Phi) is 6.31. The van der Waals surface area contributed by atoms with Crippen LogP contribution in [-0.4, -0.2) is 86.0 Å². The third kappa shape index (κ3) is 3.74. The van der Waals surface area contributed by atoms with Crippen LogP contribution in [0.3, 0.4) is 0 Å². The summed E-state index contributed by atoms with van der Waals surface area (Å²) >= 11 is 0. The highest BCUT2D eigenvalue weighted by atomic mass is 16.5. The van der Waals surface area contributed by atoms with Gasteiger partial charge in [0.05, 0.1) is 33.5 Å². The molecule has 1 saturated heterocycles. The van der Waals surface area contributed by atoms with E-state index >= 15 is 0 Å². The van der Waals surface area contributed by atoms with Crippen molar-refractivity contribution in [2.45, 2.75) is 19.4 Å². The number of methoxy groups -OCH3 is 3. The number of nitrogens with zero attached hydrogens (tertiary/aromatic N) is 2. The molecule has 0 spiro atoms. The van der Waals surface area contributed by atoms with Crippen LogP contribution in [0.15, 0.2) is 12.1 Å². The predicted octanol–water partition coefficient (Wildman–Crippen LogP) is 1.72. The van der Waals surface area contributed by atoms with Crippen molar-refractivity contribution in [2.24, 2.45) is 0 Å². The molecule has 0 bridgehead atoms. The highest BCUT2D eigenvalue weighted by Crippen LogP contribution is 2.41. The number of aromatic amines is 1. The summed E-state index contributed by atoms with van der Waals surface area (Å²) in [6.45, 7) is 5.04.